The van der Waals surface area contributed by atoms with Gasteiger partial charge >= 0.3 is 7.82 Å². The summed E-state index contributed by atoms with van der Waals surface area (Å²) in [5, 5.41) is 20.8. The molecule has 1 aliphatic heterocycles. The normalized spacial score (nSPS) is 27.2. The van der Waals surface area contributed by atoms with E-state index in [2.05, 4.69) is 19.5 Å². The fourth-order valence-electron chi connectivity index (χ4n) is 2.50. The van der Waals surface area contributed by atoms with E-state index in [-0.39, 0.29) is 5.95 Å². The quantitative estimate of drug-likeness (QED) is 0.234. The summed E-state index contributed by atoms with van der Waals surface area (Å²) in [4.78, 5) is 29.8. The van der Waals surface area contributed by atoms with Crippen LogP contribution in [0.2, 0.25) is 0 Å². The van der Waals surface area contributed by atoms with Gasteiger partial charge in [-0.3, -0.25) is 9.09 Å². The largest absolute Gasteiger partial charge is 0.469 e. The Morgan fingerprint density at radius 2 is 2.12 bits per heavy atom. The molecule has 0 unspecified atom stereocenters. The molecule has 0 aliphatic carbocycles. The summed E-state index contributed by atoms with van der Waals surface area (Å²) in [7, 11) is -4.73. The van der Waals surface area contributed by atoms with Gasteiger partial charge in [-0.25, -0.2) is 14.5 Å². The van der Waals surface area contributed by atoms with Gasteiger partial charge in [0.2, 0.25) is 5.95 Å². The first-order chi connectivity index (χ1) is 11.7. The zero-order chi connectivity index (χ0) is 18.4. The van der Waals surface area contributed by atoms with E-state index in [1.165, 1.54) is 22.7 Å². The molecule has 0 bridgehead atoms. The SMILES string of the molecule is CSc1nc(N)nc2c1ncn2[C@@H]1O[C@H](COP(=O)(O)O)[C@@H](O)[C@H]1O. The zero-order valence-electron chi connectivity index (χ0n) is 12.8. The van der Waals surface area contributed by atoms with E-state index in [9.17, 15) is 14.8 Å². The molecule has 0 amide bonds. The van der Waals surface area contributed by atoms with Crippen molar-refractivity contribution in [3.8, 4) is 0 Å². The van der Waals surface area contributed by atoms with Gasteiger partial charge in [0.05, 0.1) is 12.9 Å². The molecule has 1 aliphatic rings. The maximum atomic E-state index is 10.8. The van der Waals surface area contributed by atoms with E-state index in [0.717, 1.165) is 0 Å². The van der Waals surface area contributed by atoms with Crippen molar-refractivity contribution in [3.63, 3.8) is 0 Å². The van der Waals surface area contributed by atoms with Crippen LogP contribution in [0.25, 0.3) is 11.2 Å². The lowest BCUT2D eigenvalue weighted by Crippen LogP contribution is -2.33. The number of nitrogens with zero attached hydrogens (tertiary/aromatic N) is 4. The fourth-order valence-corrected chi connectivity index (χ4v) is 3.37. The van der Waals surface area contributed by atoms with E-state index >= 15 is 0 Å². The lowest BCUT2D eigenvalue weighted by molar-refractivity contribution is -0.0503. The van der Waals surface area contributed by atoms with Gasteiger partial charge in [-0.15, -0.1) is 11.8 Å². The molecule has 2 aromatic rings. The molecule has 1 saturated heterocycles. The molecule has 3 heterocycles. The molecule has 1 fully saturated rings. The molecule has 0 spiro atoms. The predicted molar refractivity (Wildman–Crippen MR) is 85.4 cm³/mol. The number of phosphoric acid groups is 1. The molecule has 4 atom stereocenters. The third-order valence-corrected chi connectivity index (χ3v) is 4.78. The van der Waals surface area contributed by atoms with E-state index in [0.29, 0.717) is 16.2 Å². The first-order valence-electron chi connectivity index (χ1n) is 6.97. The highest BCUT2D eigenvalue weighted by Crippen LogP contribution is 2.39. The Balaban J connectivity index is 1.90. The topological polar surface area (TPSA) is 186 Å². The molecule has 6 N–H and O–H groups in total. The highest BCUT2D eigenvalue weighted by atomic mass is 32.2. The Hall–Kier alpha value is -1.31. The second-order valence-electron chi connectivity index (χ2n) is 5.25. The van der Waals surface area contributed by atoms with Crippen LogP contribution >= 0.6 is 19.6 Å². The van der Waals surface area contributed by atoms with Gasteiger partial charge in [0.15, 0.2) is 11.9 Å². The Bertz CT molecular complexity index is 828. The van der Waals surface area contributed by atoms with Crippen molar-refractivity contribution in [1.29, 1.82) is 0 Å². The maximum Gasteiger partial charge on any atom is 0.469 e. The van der Waals surface area contributed by atoms with Crippen molar-refractivity contribution in [2.45, 2.75) is 29.6 Å². The van der Waals surface area contributed by atoms with Crippen LogP contribution in [-0.4, -0.2) is 70.7 Å². The summed E-state index contributed by atoms with van der Waals surface area (Å²) >= 11 is 1.31. The number of aliphatic hydroxyl groups is 2. The van der Waals surface area contributed by atoms with Crippen LogP contribution in [0.15, 0.2) is 11.4 Å². The highest BCUT2D eigenvalue weighted by molar-refractivity contribution is 7.98. The first kappa shape index (κ1) is 18.5. The number of rotatable bonds is 5. The summed E-state index contributed by atoms with van der Waals surface area (Å²) in [6.07, 6.45) is -1.91. The third kappa shape index (κ3) is 3.64. The number of hydrogen-bond acceptors (Lipinski definition) is 10. The minimum absolute atomic E-state index is 0.00742. The molecule has 0 saturated carbocycles. The number of aromatic nitrogens is 4. The van der Waals surface area contributed by atoms with Crippen molar-refractivity contribution in [1.82, 2.24) is 19.5 Å². The molecule has 25 heavy (non-hydrogen) atoms. The number of hydrogen-bond donors (Lipinski definition) is 5. The number of aliphatic hydroxyl groups excluding tert-OH is 2. The number of phosphoric ester groups is 1. The molecular weight excluding hydrogens is 377 g/mol. The lowest BCUT2D eigenvalue weighted by Gasteiger charge is -2.16. The minimum atomic E-state index is -4.73. The number of nitrogens with two attached hydrogens (primary N) is 1. The van der Waals surface area contributed by atoms with Crippen LogP contribution in [-0.2, 0) is 13.8 Å². The van der Waals surface area contributed by atoms with Crippen molar-refractivity contribution in [2.24, 2.45) is 0 Å². The van der Waals surface area contributed by atoms with Crippen molar-refractivity contribution < 1.29 is 33.8 Å². The molecular formula is C11H16N5O7PS. The number of nitrogen functional groups attached to an aromatic ring is 1. The third-order valence-electron chi connectivity index (χ3n) is 3.62. The van der Waals surface area contributed by atoms with Gasteiger partial charge in [0, 0.05) is 0 Å². The number of imidazole rings is 1. The predicted octanol–water partition coefficient (Wildman–Crippen LogP) is -1.14. The van der Waals surface area contributed by atoms with Crippen LogP contribution < -0.4 is 5.73 Å². The van der Waals surface area contributed by atoms with Crippen LogP contribution in [0.5, 0.6) is 0 Å². The average molecular weight is 393 g/mol. The van der Waals surface area contributed by atoms with Gasteiger partial charge in [0.1, 0.15) is 28.9 Å². The second kappa shape index (κ2) is 6.78. The molecule has 14 heteroatoms. The van der Waals surface area contributed by atoms with Crippen molar-refractivity contribution >= 4 is 36.7 Å². The summed E-state index contributed by atoms with van der Waals surface area (Å²) in [6.45, 7) is -0.598. The molecule has 3 rings (SSSR count). The minimum Gasteiger partial charge on any atom is -0.387 e. The Labute approximate surface area is 145 Å². The Kier molecular flexibility index (Phi) is 5.01. The van der Waals surface area contributed by atoms with E-state index in [1.807, 2.05) is 0 Å². The summed E-state index contributed by atoms with van der Waals surface area (Å²) < 4.78 is 22.0. The van der Waals surface area contributed by atoms with Crippen LogP contribution in [0.1, 0.15) is 6.23 Å². The summed E-state index contributed by atoms with van der Waals surface area (Å²) in [5.74, 6) is 0.00742. The average Bonchev–Trinajstić information content (AvgIpc) is 3.06. The van der Waals surface area contributed by atoms with Gasteiger partial charge in [-0.1, -0.05) is 0 Å². The Morgan fingerprint density at radius 3 is 2.76 bits per heavy atom. The number of anilines is 1. The Morgan fingerprint density at radius 1 is 1.40 bits per heavy atom. The lowest BCUT2D eigenvalue weighted by atomic mass is 10.1. The number of ether oxygens (including phenoxy) is 1. The molecule has 12 nitrogen and oxygen atoms in total. The fraction of sp³-hybridized carbons (Fsp3) is 0.545. The van der Waals surface area contributed by atoms with E-state index in [1.54, 1.807) is 6.26 Å². The standard InChI is InChI=1S/C11H16N5O7PS/c1-25-9-5-8(14-11(12)15-9)16(3-13-5)10-7(18)6(17)4(23-10)2-22-24(19,20)21/h3-4,6-7,10,17-18H,2H2,1H3,(H2,12,14,15)(H2,19,20,21)/t4-,6-,7-,10-/m1/s1. The summed E-state index contributed by atoms with van der Waals surface area (Å²) in [6, 6.07) is 0. The van der Waals surface area contributed by atoms with Gasteiger partial charge in [-0.05, 0) is 6.26 Å². The van der Waals surface area contributed by atoms with Crippen LogP contribution in [0, 0.1) is 0 Å². The molecule has 0 aromatic carbocycles. The number of fused-ring (bicyclic) bond motifs is 1. The molecule has 2 aromatic heterocycles. The van der Waals surface area contributed by atoms with E-state index < -0.39 is 39.0 Å². The first-order valence-corrected chi connectivity index (χ1v) is 9.72. The van der Waals surface area contributed by atoms with Crippen LogP contribution in [0.3, 0.4) is 0 Å². The van der Waals surface area contributed by atoms with Gasteiger partial charge < -0.3 is 30.5 Å². The van der Waals surface area contributed by atoms with Gasteiger partial charge in [0.25, 0.3) is 0 Å². The second-order valence-corrected chi connectivity index (χ2v) is 7.28. The maximum absolute atomic E-state index is 10.8. The molecule has 0 radical (unpaired) electrons. The molecule has 138 valence electrons. The van der Waals surface area contributed by atoms with Crippen LogP contribution in [0.4, 0.5) is 5.95 Å². The van der Waals surface area contributed by atoms with E-state index in [4.69, 9.17) is 20.3 Å². The smallest absolute Gasteiger partial charge is 0.387 e. The van der Waals surface area contributed by atoms with Crippen molar-refractivity contribution in [2.75, 3.05) is 18.6 Å². The van der Waals surface area contributed by atoms with Gasteiger partial charge in [-0.2, -0.15) is 4.98 Å². The number of thioether (sulfide) groups is 1. The highest BCUT2D eigenvalue weighted by Gasteiger charge is 2.45. The van der Waals surface area contributed by atoms with Crippen molar-refractivity contribution in [3.05, 3.63) is 6.33 Å². The monoisotopic (exact) mass is 393 g/mol. The zero-order valence-corrected chi connectivity index (χ0v) is 14.5. The summed E-state index contributed by atoms with van der Waals surface area (Å²) in [5.41, 5.74) is 6.42.